The maximum Gasteiger partial charge on any atom is 0.309 e. The third-order valence-corrected chi connectivity index (χ3v) is 2.92. The maximum absolute atomic E-state index is 11.0. The first-order chi connectivity index (χ1) is 7.11. The molecular formula is C12H21NO2. The van der Waals surface area contributed by atoms with Crippen molar-refractivity contribution in [1.29, 1.82) is 0 Å². The summed E-state index contributed by atoms with van der Waals surface area (Å²) in [4.78, 5) is 13.4. The van der Waals surface area contributed by atoms with Crippen LogP contribution in [0.4, 0.5) is 0 Å². The fraction of sp³-hybridized carbons (Fsp3) is 0.750. The van der Waals surface area contributed by atoms with Crippen molar-refractivity contribution in [2.24, 2.45) is 5.92 Å². The van der Waals surface area contributed by atoms with Gasteiger partial charge in [-0.15, -0.1) is 0 Å². The molecule has 0 saturated carbocycles. The third kappa shape index (κ3) is 4.47. The van der Waals surface area contributed by atoms with Crippen LogP contribution in [0.3, 0.4) is 0 Å². The van der Waals surface area contributed by atoms with E-state index in [4.69, 9.17) is 0 Å². The van der Waals surface area contributed by atoms with E-state index >= 15 is 0 Å². The molecule has 0 aliphatic carbocycles. The monoisotopic (exact) mass is 211 g/mol. The zero-order chi connectivity index (χ0) is 11.3. The van der Waals surface area contributed by atoms with Crippen LogP contribution in [0.1, 0.15) is 25.7 Å². The molecule has 1 aliphatic heterocycles. The van der Waals surface area contributed by atoms with Gasteiger partial charge in [0.05, 0.1) is 13.5 Å². The van der Waals surface area contributed by atoms with Crippen LogP contribution in [0, 0.1) is 5.92 Å². The molecule has 0 aromatic rings. The molecule has 1 atom stereocenters. The van der Waals surface area contributed by atoms with Crippen LogP contribution in [0.5, 0.6) is 0 Å². The highest BCUT2D eigenvalue weighted by atomic mass is 16.5. The summed E-state index contributed by atoms with van der Waals surface area (Å²) in [6.45, 7) is 6.26. The normalized spacial score (nSPS) is 22.4. The zero-order valence-electron chi connectivity index (χ0n) is 9.79. The van der Waals surface area contributed by atoms with Gasteiger partial charge in [-0.3, -0.25) is 4.79 Å². The maximum atomic E-state index is 11.0. The van der Waals surface area contributed by atoms with Gasteiger partial charge < -0.3 is 9.64 Å². The molecule has 86 valence electrons. The van der Waals surface area contributed by atoms with E-state index in [-0.39, 0.29) is 5.97 Å². The summed E-state index contributed by atoms with van der Waals surface area (Å²) in [6.07, 6.45) is 3.84. The minimum absolute atomic E-state index is 0.177. The van der Waals surface area contributed by atoms with E-state index in [0.717, 1.165) is 18.5 Å². The van der Waals surface area contributed by atoms with Crippen LogP contribution in [-0.4, -0.2) is 38.1 Å². The van der Waals surface area contributed by atoms with Crippen molar-refractivity contribution in [3.8, 4) is 0 Å². The summed E-state index contributed by atoms with van der Waals surface area (Å²) in [7, 11) is 3.57. The largest absolute Gasteiger partial charge is 0.469 e. The fourth-order valence-corrected chi connectivity index (χ4v) is 2.20. The van der Waals surface area contributed by atoms with Crippen molar-refractivity contribution in [3.63, 3.8) is 0 Å². The first kappa shape index (κ1) is 12.2. The highest BCUT2D eigenvalue weighted by Crippen LogP contribution is 2.22. The molecule has 1 fully saturated rings. The Labute approximate surface area is 92.1 Å². The highest BCUT2D eigenvalue weighted by molar-refractivity contribution is 5.72. The number of likely N-dealkylation sites (tertiary alicyclic amines) is 1. The van der Waals surface area contributed by atoms with Gasteiger partial charge in [-0.1, -0.05) is 12.2 Å². The van der Waals surface area contributed by atoms with E-state index in [1.807, 2.05) is 0 Å². The molecule has 0 bridgehead atoms. The Kier molecular flexibility index (Phi) is 4.82. The SMILES string of the molecule is C=C(CC(=O)OC)CC1CCCN(C)C1. The summed E-state index contributed by atoms with van der Waals surface area (Å²) < 4.78 is 4.62. The summed E-state index contributed by atoms with van der Waals surface area (Å²) in [6, 6.07) is 0. The van der Waals surface area contributed by atoms with Crippen molar-refractivity contribution in [3.05, 3.63) is 12.2 Å². The summed E-state index contributed by atoms with van der Waals surface area (Å²) in [5, 5.41) is 0. The number of esters is 1. The molecule has 0 spiro atoms. The number of methoxy groups -OCH3 is 1. The lowest BCUT2D eigenvalue weighted by Crippen LogP contribution is -2.32. The number of ether oxygens (including phenoxy) is 1. The standard InChI is InChI=1S/C12H21NO2/c1-10(8-12(14)15-3)7-11-5-4-6-13(2)9-11/h11H,1,4-9H2,2-3H3. The van der Waals surface area contributed by atoms with Gasteiger partial charge in [0.1, 0.15) is 0 Å². The van der Waals surface area contributed by atoms with Crippen molar-refractivity contribution in [2.75, 3.05) is 27.2 Å². The number of hydrogen-bond acceptors (Lipinski definition) is 3. The predicted octanol–water partition coefficient (Wildman–Crippen LogP) is 1.84. The molecule has 3 nitrogen and oxygen atoms in total. The fourth-order valence-electron chi connectivity index (χ4n) is 2.20. The van der Waals surface area contributed by atoms with Crippen molar-refractivity contribution in [1.82, 2.24) is 4.90 Å². The molecule has 0 aromatic carbocycles. The molecule has 1 saturated heterocycles. The summed E-state index contributed by atoms with van der Waals surface area (Å²) >= 11 is 0. The van der Waals surface area contributed by atoms with Crippen LogP contribution in [0.25, 0.3) is 0 Å². The molecule has 1 aliphatic rings. The second kappa shape index (κ2) is 5.91. The predicted molar refractivity (Wildman–Crippen MR) is 60.6 cm³/mol. The second-order valence-electron chi connectivity index (χ2n) is 4.48. The minimum Gasteiger partial charge on any atom is -0.469 e. The Balaban J connectivity index is 2.27. The second-order valence-corrected chi connectivity index (χ2v) is 4.48. The molecule has 1 rings (SSSR count). The van der Waals surface area contributed by atoms with Gasteiger partial charge in [-0.05, 0) is 38.8 Å². The van der Waals surface area contributed by atoms with Gasteiger partial charge in [-0.25, -0.2) is 0 Å². The van der Waals surface area contributed by atoms with E-state index in [1.54, 1.807) is 0 Å². The number of carbonyl (C=O) groups is 1. The van der Waals surface area contributed by atoms with Gasteiger partial charge in [0.15, 0.2) is 0 Å². The molecule has 0 amide bonds. The Hall–Kier alpha value is -0.830. The smallest absolute Gasteiger partial charge is 0.309 e. The molecule has 1 unspecified atom stereocenters. The van der Waals surface area contributed by atoms with Crippen LogP contribution >= 0.6 is 0 Å². The number of piperidine rings is 1. The van der Waals surface area contributed by atoms with E-state index in [9.17, 15) is 4.79 Å². The topological polar surface area (TPSA) is 29.5 Å². The number of hydrogen-bond donors (Lipinski definition) is 0. The third-order valence-electron chi connectivity index (χ3n) is 2.92. The Morgan fingerprint density at radius 3 is 2.93 bits per heavy atom. The number of rotatable bonds is 4. The van der Waals surface area contributed by atoms with Gasteiger partial charge in [0.2, 0.25) is 0 Å². The van der Waals surface area contributed by atoms with Gasteiger partial charge in [0, 0.05) is 6.54 Å². The lowest BCUT2D eigenvalue weighted by atomic mass is 9.91. The number of carbonyl (C=O) groups excluding carboxylic acids is 1. The van der Waals surface area contributed by atoms with Crippen molar-refractivity contribution in [2.45, 2.75) is 25.7 Å². The van der Waals surface area contributed by atoms with Gasteiger partial charge >= 0.3 is 5.97 Å². The van der Waals surface area contributed by atoms with Crippen LogP contribution < -0.4 is 0 Å². The van der Waals surface area contributed by atoms with E-state index in [1.165, 1.54) is 26.5 Å². The lowest BCUT2D eigenvalue weighted by Gasteiger charge is -2.30. The van der Waals surface area contributed by atoms with Crippen LogP contribution in [0.15, 0.2) is 12.2 Å². The first-order valence-corrected chi connectivity index (χ1v) is 5.54. The van der Waals surface area contributed by atoms with Crippen molar-refractivity contribution < 1.29 is 9.53 Å². The van der Waals surface area contributed by atoms with E-state index < -0.39 is 0 Å². The minimum atomic E-state index is -0.177. The highest BCUT2D eigenvalue weighted by Gasteiger charge is 2.18. The van der Waals surface area contributed by atoms with E-state index in [2.05, 4.69) is 23.3 Å². The Morgan fingerprint density at radius 1 is 1.60 bits per heavy atom. The van der Waals surface area contributed by atoms with Crippen molar-refractivity contribution >= 4 is 5.97 Å². The molecule has 1 heterocycles. The zero-order valence-corrected chi connectivity index (χ0v) is 9.79. The summed E-state index contributed by atoms with van der Waals surface area (Å²) in [5.74, 6) is 0.491. The Bertz CT molecular complexity index is 238. The summed E-state index contributed by atoms with van der Waals surface area (Å²) in [5.41, 5.74) is 1.00. The van der Waals surface area contributed by atoms with E-state index in [0.29, 0.717) is 12.3 Å². The lowest BCUT2D eigenvalue weighted by molar-refractivity contribution is -0.139. The molecule has 0 aromatic heterocycles. The van der Waals surface area contributed by atoms with Gasteiger partial charge in [0.25, 0.3) is 0 Å². The molecular weight excluding hydrogens is 190 g/mol. The molecule has 15 heavy (non-hydrogen) atoms. The molecule has 3 heteroatoms. The average molecular weight is 211 g/mol. The average Bonchev–Trinajstić information content (AvgIpc) is 2.17. The van der Waals surface area contributed by atoms with Crippen LogP contribution in [-0.2, 0) is 9.53 Å². The first-order valence-electron chi connectivity index (χ1n) is 5.54. The molecule has 0 radical (unpaired) electrons. The Morgan fingerprint density at radius 2 is 2.33 bits per heavy atom. The van der Waals surface area contributed by atoms with Crippen LogP contribution in [0.2, 0.25) is 0 Å². The van der Waals surface area contributed by atoms with Gasteiger partial charge in [-0.2, -0.15) is 0 Å². The molecule has 0 N–H and O–H groups in total. The quantitative estimate of drug-likeness (QED) is 0.525. The number of nitrogens with zero attached hydrogens (tertiary/aromatic N) is 1.